The minimum Gasteiger partial charge on any atom is -0.433 e. The van der Waals surface area contributed by atoms with Crippen LogP contribution >= 0.6 is 11.6 Å². The first kappa shape index (κ1) is 26.2. The quantitative estimate of drug-likeness (QED) is 0.126. The van der Waals surface area contributed by atoms with Crippen LogP contribution in [0, 0.1) is 0 Å². The van der Waals surface area contributed by atoms with Crippen LogP contribution in [0.2, 0.25) is 0 Å². The summed E-state index contributed by atoms with van der Waals surface area (Å²) in [7, 11) is 0. The molecule has 0 fully saturated rings. The van der Waals surface area contributed by atoms with Gasteiger partial charge in [0.15, 0.2) is 6.07 Å². The summed E-state index contributed by atoms with van der Waals surface area (Å²) in [5, 5.41) is 2.68. The van der Waals surface area contributed by atoms with Crippen molar-refractivity contribution in [3.05, 3.63) is 0 Å². The van der Waals surface area contributed by atoms with Crippen LogP contribution in [0.3, 0.4) is 0 Å². The van der Waals surface area contributed by atoms with E-state index < -0.39 is 6.09 Å². The number of ether oxygens (including phenoxy) is 1. The van der Waals surface area contributed by atoms with E-state index in [0.717, 1.165) is 32.0 Å². The molecule has 0 aliphatic rings. The summed E-state index contributed by atoms with van der Waals surface area (Å²) in [6.45, 7) is 0.676. The number of hydrogen-bond donors (Lipinski definition) is 1. The van der Waals surface area contributed by atoms with Crippen LogP contribution in [0.15, 0.2) is 0 Å². The lowest BCUT2D eigenvalue weighted by molar-refractivity contribution is -0.107. The second-order valence-corrected chi connectivity index (χ2v) is 7.65. The zero-order chi connectivity index (χ0) is 19.8. The van der Waals surface area contributed by atoms with Crippen molar-refractivity contribution in [1.29, 1.82) is 0 Å². The smallest absolute Gasteiger partial charge is 0.408 e. The van der Waals surface area contributed by atoms with Gasteiger partial charge < -0.3 is 14.8 Å². The molecule has 0 radical (unpaired) electrons. The normalized spacial score (nSPS) is 10.7. The van der Waals surface area contributed by atoms with Gasteiger partial charge in [0.1, 0.15) is 6.29 Å². The number of alkyl carbamates (subject to hydrolysis) is 1. The van der Waals surface area contributed by atoms with Gasteiger partial charge in [-0.15, -0.1) is 0 Å². The summed E-state index contributed by atoms with van der Waals surface area (Å²) in [6, 6.07) is -0.0872. The molecule has 0 aliphatic carbocycles. The van der Waals surface area contributed by atoms with Crippen LogP contribution in [0.25, 0.3) is 0 Å². The number of unbranched alkanes of at least 4 members (excludes halogenated alkanes) is 17. The first-order valence-electron chi connectivity index (χ1n) is 11.2. The molecule has 0 aliphatic heterocycles. The molecule has 0 atom stereocenters. The number of rotatable bonds is 21. The van der Waals surface area contributed by atoms with E-state index in [4.69, 9.17) is 11.6 Å². The molecule has 0 spiro atoms. The number of hydrogen-bond acceptors (Lipinski definition) is 3. The zero-order valence-corrected chi connectivity index (χ0v) is 18.1. The Hall–Kier alpha value is -0.770. The second kappa shape index (κ2) is 23.3. The molecule has 4 nitrogen and oxygen atoms in total. The molecular weight excluding hydrogens is 362 g/mol. The van der Waals surface area contributed by atoms with Gasteiger partial charge in [0.05, 0.1) is 0 Å². The Morgan fingerprint density at radius 2 is 1.04 bits per heavy atom. The van der Waals surface area contributed by atoms with E-state index in [1.807, 2.05) is 0 Å². The number of aldehydes is 1. The van der Waals surface area contributed by atoms with Gasteiger partial charge in [-0.05, 0) is 12.8 Å². The lowest BCUT2D eigenvalue weighted by Gasteiger charge is -2.05. The fourth-order valence-electron chi connectivity index (χ4n) is 3.30. The third-order valence-electron chi connectivity index (χ3n) is 4.95. The highest BCUT2D eigenvalue weighted by molar-refractivity contribution is 6.17. The minimum atomic E-state index is -0.420. The summed E-state index contributed by atoms with van der Waals surface area (Å²) >= 11 is 5.30. The maximum atomic E-state index is 11.0. The van der Waals surface area contributed by atoms with Crippen LogP contribution in [-0.4, -0.2) is 25.0 Å². The maximum absolute atomic E-state index is 11.0. The molecule has 0 saturated carbocycles. The highest BCUT2D eigenvalue weighted by Gasteiger charge is 1.99. The first-order valence-corrected chi connectivity index (χ1v) is 11.7. The van der Waals surface area contributed by atoms with Gasteiger partial charge in [-0.2, -0.15) is 0 Å². The van der Waals surface area contributed by atoms with E-state index in [9.17, 15) is 9.59 Å². The van der Waals surface area contributed by atoms with Crippen molar-refractivity contribution in [3.8, 4) is 0 Å². The largest absolute Gasteiger partial charge is 0.433 e. The van der Waals surface area contributed by atoms with E-state index in [0.29, 0.717) is 6.54 Å². The summed E-state index contributed by atoms with van der Waals surface area (Å²) in [5.41, 5.74) is 0. The Morgan fingerprint density at radius 1 is 0.667 bits per heavy atom. The number of alkyl halides is 1. The predicted octanol–water partition coefficient (Wildman–Crippen LogP) is 7.13. The molecule has 0 bridgehead atoms. The van der Waals surface area contributed by atoms with E-state index in [1.165, 1.54) is 89.9 Å². The fourth-order valence-corrected chi connectivity index (χ4v) is 3.39. The lowest BCUT2D eigenvalue weighted by atomic mass is 10.0. The molecule has 0 heterocycles. The first-order chi connectivity index (χ1) is 13.3. The Balaban J connectivity index is 3.03. The highest BCUT2D eigenvalue weighted by atomic mass is 35.5. The molecule has 5 heteroatoms. The average Bonchev–Trinajstić information content (AvgIpc) is 2.66. The SMILES string of the molecule is O=CCCCCCCCCCCCCCCCCCCCNC(=O)OCCl. The number of halogens is 1. The molecule has 27 heavy (non-hydrogen) atoms. The summed E-state index contributed by atoms with van der Waals surface area (Å²) in [5.74, 6) is 0. The third-order valence-corrected chi connectivity index (χ3v) is 5.06. The van der Waals surface area contributed by atoms with Crippen molar-refractivity contribution in [3.63, 3.8) is 0 Å². The Morgan fingerprint density at radius 3 is 1.41 bits per heavy atom. The Bertz CT molecular complexity index is 327. The van der Waals surface area contributed by atoms with Crippen LogP contribution in [-0.2, 0) is 9.53 Å². The highest BCUT2D eigenvalue weighted by Crippen LogP contribution is 2.14. The van der Waals surface area contributed by atoms with Crippen molar-refractivity contribution in [1.82, 2.24) is 5.32 Å². The monoisotopic (exact) mass is 403 g/mol. The molecular formula is C22H42ClNO3. The summed E-state index contributed by atoms with van der Waals surface area (Å²) in [6.07, 6.45) is 23.4. The van der Waals surface area contributed by atoms with Crippen molar-refractivity contribution < 1.29 is 14.3 Å². The Kier molecular flexibility index (Phi) is 22.6. The van der Waals surface area contributed by atoms with Gasteiger partial charge in [0.25, 0.3) is 0 Å². The topological polar surface area (TPSA) is 55.4 Å². The third kappa shape index (κ3) is 23.2. The van der Waals surface area contributed by atoms with Crippen LogP contribution in [0.5, 0.6) is 0 Å². The fraction of sp³-hybridized carbons (Fsp3) is 0.909. The van der Waals surface area contributed by atoms with Crippen molar-refractivity contribution in [2.24, 2.45) is 0 Å². The van der Waals surface area contributed by atoms with Crippen LogP contribution < -0.4 is 5.32 Å². The van der Waals surface area contributed by atoms with E-state index in [1.54, 1.807) is 0 Å². The molecule has 160 valence electrons. The average molecular weight is 404 g/mol. The molecule has 0 aromatic rings. The summed E-state index contributed by atoms with van der Waals surface area (Å²) < 4.78 is 4.59. The van der Waals surface area contributed by atoms with Gasteiger partial charge in [-0.1, -0.05) is 108 Å². The number of carbonyl (C=O) groups excluding carboxylic acids is 2. The van der Waals surface area contributed by atoms with Crippen molar-refractivity contribution >= 4 is 24.0 Å². The van der Waals surface area contributed by atoms with Crippen LogP contribution in [0.4, 0.5) is 4.79 Å². The van der Waals surface area contributed by atoms with Gasteiger partial charge in [-0.3, -0.25) is 0 Å². The maximum Gasteiger partial charge on any atom is 0.408 e. The zero-order valence-electron chi connectivity index (χ0n) is 17.3. The number of nitrogens with one attached hydrogen (secondary N) is 1. The molecule has 0 aromatic carbocycles. The second-order valence-electron chi connectivity index (χ2n) is 7.43. The predicted molar refractivity (Wildman–Crippen MR) is 114 cm³/mol. The van der Waals surface area contributed by atoms with E-state index in [2.05, 4.69) is 10.1 Å². The number of carbonyl (C=O) groups is 2. The minimum absolute atomic E-state index is 0.0872. The molecule has 0 unspecified atom stereocenters. The van der Waals surface area contributed by atoms with Crippen LogP contribution in [0.1, 0.15) is 116 Å². The summed E-state index contributed by atoms with van der Waals surface area (Å²) in [4.78, 5) is 21.2. The number of amides is 1. The Labute approximate surface area is 172 Å². The standard InChI is InChI=1S/C22H42ClNO3/c23-21-27-22(26)24-19-17-15-13-11-9-7-5-3-1-2-4-6-8-10-12-14-16-18-20-25/h20H,1-19,21H2,(H,24,26). The van der Waals surface area contributed by atoms with Gasteiger partial charge in [0.2, 0.25) is 0 Å². The molecule has 0 saturated heterocycles. The molecule has 0 rings (SSSR count). The van der Waals surface area contributed by atoms with E-state index in [-0.39, 0.29) is 6.07 Å². The van der Waals surface area contributed by atoms with Crippen molar-refractivity contribution in [2.75, 3.05) is 12.6 Å². The molecule has 0 aromatic heterocycles. The van der Waals surface area contributed by atoms with E-state index >= 15 is 0 Å². The lowest BCUT2D eigenvalue weighted by Crippen LogP contribution is -2.24. The van der Waals surface area contributed by atoms with Crippen molar-refractivity contribution in [2.45, 2.75) is 116 Å². The molecule has 1 N–H and O–H groups in total. The van der Waals surface area contributed by atoms with Gasteiger partial charge >= 0.3 is 6.09 Å². The van der Waals surface area contributed by atoms with Gasteiger partial charge in [0, 0.05) is 13.0 Å². The van der Waals surface area contributed by atoms with Gasteiger partial charge in [-0.25, -0.2) is 4.79 Å². The molecule has 1 amide bonds.